The van der Waals surface area contributed by atoms with Gasteiger partial charge in [0.15, 0.2) is 0 Å². The zero-order valence-electron chi connectivity index (χ0n) is 36.2. The van der Waals surface area contributed by atoms with Gasteiger partial charge in [-0.2, -0.15) is 0 Å². The van der Waals surface area contributed by atoms with Crippen LogP contribution in [0.2, 0.25) is 0 Å². The topological polar surface area (TPSA) is 110 Å². The van der Waals surface area contributed by atoms with Crippen LogP contribution in [-0.2, 0) is 4.79 Å². The Kier molecular flexibility index (Phi) is 42.4. The van der Waals surface area contributed by atoms with Gasteiger partial charge in [-0.15, -0.1) is 0 Å². The summed E-state index contributed by atoms with van der Waals surface area (Å²) in [5.41, 5.74) is 0. The molecule has 54 heavy (non-hydrogen) atoms. The molecule has 0 aromatic carbocycles. The first-order chi connectivity index (χ1) is 26.5. The van der Waals surface area contributed by atoms with Crippen LogP contribution in [0.4, 0.5) is 0 Å². The number of carbonyl (C=O) groups excluding carboxylic acids is 1. The van der Waals surface area contributed by atoms with Crippen molar-refractivity contribution in [1.29, 1.82) is 0 Å². The fourth-order valence-corrected chi connectivity index (χ4v) is 7.64. The average Bonchev–Trinajstić information content (AvgIpc) is 3.18. The highest BCUT2D eigenvalue weighted by Gasteiger charge is 2.28. The van der Waals surface area contributed by atoms with E-state index in [4.69, 9.17) is 0 Å². The van der Waals surface area contributed by atoms with Gasteiger partial charge in [0.25, 0.3) is 0 Å². The van der Waals surface area contributed by atoms with Crippen LogP contribution in [0.15, 0.2) is 12.2 Å². The summed E-state index contributed by atoms with van der Waals surface area (Å²) in [6.45, 7) is 4.02. The molecule has 0 aliphatic rings. The quantitative estimate of drug-likeness (QED) is 0.0313. The summed E-state index contributed by atoms with van der Waals surface area (Å²) in [6.07, 6.45) is 48.5. The van der Waals surface area contributed by atoms with Gasteiger partial charge in [0.1, 0.15) is 12.2 Å². The fraction of sp³-hybridized carbons (Fsp3) is 0.938. The Bertz CT molecular complexity index is 776. The van der Waals surface area contributed by atoms with Gasteiger partial charge < -0.3 is 25.7 Å². The Balaban J connectivity index is 3.56. The van der Waals surface area contributed by atoms with Crippen LogP contribution in [0.5, 0.6) is 0 Å². The normalized spacial score (nSPS) is 14.1. The molecule has 1 amide bonds. The first-order valence-corrected chi connectivity index (χ1v) is 24.1. The second kappa shape index (κ2) is 43.2. The molecular formula is C48H95NO5. The first kappa shape index (κ1) is 53.0. The van der Waals surface area contributed by atoms with E-state index in [2.05, 4.69) is 31.3 Å². The van der Waals surface area contributed by atoms with E-state index >= 15 is 0 Å². The van der Waals surface area contributed by atoms with E-state index < -0.39 is 36.9 Å². The van der Waals surface area contributed by atoms with E-state index in [1.807, 2.05) is 0 Å². The van der Waals surface area contributed by atoms with Gasteiger partial charge in [0.05, 0.1) is 18.8 Å². The maximum Gasteiger partial charge on any atom is 0.249 e. The standard InChI is InChI=1S/C48H95NO5/c1-3-5-7-9-11-13-15-16-17-18-19-20-21-22-23-24-25-26-27-28-29-30-31-32-34-36-38-40-42-46(52)48(54)49-44(43-50)47(53)45(51)41-39-37-35-33-14-12-10-8-6-4-2/h33,35,44-47,50-53H,3-32,34,36-43H2,1-2H3,(H,49,54)/b35-33+. The Morgan fingerprint density at radius 3 is 1.11 bits per heavy atom. The first-order valence-electron chi connectivity index (χ1n) is 24.1. The molecule has 0 aliphatic carbocycles. The maximum absolute atomic E-state index is 12.5. The summed E-state index contributed by atoms with van der Waals surface area (Å²) in [4.78, 5) is 12.5. The molecule has 0 bridgehead atoms. The van der Waals surface area contributed by atoms with Crippen LogP contribution in [0.25, 0.3) is 0 Å². The van der Waals surface area contributed by atoms with Crippen molar-refractivity contribution >= 4 is 5.91 Å². The molecule has 6 heteroatoms. The summed E-state index contributed by atoms with van der Waals surface area (Å²) in [5, 5.41) is 43.5. The second-order valence-corrected chi connectivity index (χ2v) is 16.8. The summed E-state index contributed by atoms with van der Waals surface area (Å²) >= 11 is 0. The van der Waals surface area contributed by atoms with E-state index in [1.54, 1.807) is 0 Å². The van der Waals surface area contributed by atoms with Gasteiger partial charge in [-0.05, 0) is 38.5 Å². The third kappa shape index (κ3) is 36.7. The number of hydrogen-bond acceptors (Lipinski definition) is 5. The number of aliphatic hydroxyl groups excluding tert-OH is 4. The Morgan fingerprint density at radius 1 is 0.444 bits per heavy atom. The number of rotatable bonds is 44. The lowest BCUT2D eigenvalue weighted by molar-refractivity contribution is -0.132. The van der Waals surface area contributed by atoms with E-state index in [-0.39, 0.29) is 0 Å². The molecule has 0 saturated carbocycles. The largest absolute Gasteiger partial charge is 0.394 e. The van der Waals surface area contributed by atoms with Gasteiger partial charge in [0, 0.05) is 0 Å². The number of carbonyl (C=O) groups is 1. The lowest BCUT2D eigenvalue weighted by atomic mass is 10.00. The minimum atomic E-state index is -1.28. The molecule has 4 atom stereocenters. The molecule has 0 heterocycles. The minimum absolute atomic E-state index is 0.368. The molecule has 0 fully saturated rings. The van der Waals surface area contributed by atoms with Crippen molar-refractivity contribution in [2.24, 2.45) is 0 Å². The summed E-state index contributed by atoms with van der Waals surface area (Å²) in [6, 6.07) is -0.996. The molecule has 0 rings (SSSR count). The van der Waals surface area contributed by atoms with Crippen LogP contribution >= 0.6 is 0 Å². The summed E-state index contributed by atoms with van der Waals surface area (Å²) in [5.74, 6) is -0.591. The SMILES string of the molecule is CCCCCCC/C=C/CCCC(O)C(O)C(CO)NC(=O)C(O)CCCCCCCCCCCCCCCCCCCCCCCCCCCCCC. The Hall–Kier alpha value is -0.950. The lowest BCUT2D eigenvalue weighted by Crippen LogP contribution is -2.53. The molecule has 0 saturated heterocycles. The summed E-state index contributed by atoms with van der Waals surface area (Å²) in [7, 11) is 0. The van der Waals surface area contributed by atoms with E-state index in [0.29, 0.717) is 12.8 Å². The number of unbranched alkanes of at least 4 members (excludes halogenated alkanes) is 33. The fourth-order valence-electron chi connectivity index (χ4n) is 7.64. The van der Waals surface area contributed by atoms with Crippen molar-refractivity contribution in [2.45, 2.75) is 282 Å². The zero-order valence-corrected chi connectivity index (χ0v) is 36.2. The molecule has 0 spiro atoms. The van der Waals surface area contributed by atoms with Crippen LogP contribution in [0.1, 0.15) is 258 Å². The summed E-state index contributed by atoms with van der Waals surface area (Å²) < 4.78 is 0. The highest BCUT2D eigenvalue weighted by Crippen LogP contribution is 2.17. The van der Waals surface area contributed by atoms with E-state index in [9.17, 15) is 25.2 Å². The lowest BCUT2D eigenvalue weighted by Gasteiger charge is -2.27. The van der Waals surface area contributed by atoms with E-state index in [0.717, 1.165) is 38.5 Å². The van der Waals surface area contributed by atoms with Gasteiger partial charge >= 0.3 is 0 Å². The molecule has 322 valence electrons. The number of nitrogens with one attached hydrogen (secondary N) is 1. The second-order valence-electron chi connectivity index (χ2n) is 16.8. The maximum atomic E-state index is 12.5. The predicted octanol–water partition coefficient (Wildman–Crippen LogP) is 13.0. The number of allylic oxidation sites excluding steroid dienone is 2. The van der Waals surface area contributed by atoms with Crippen molar-refractivity contribution in [3.8, 4) is 0 Å². The van der Waals surface area contributed by atoms with Crippen molar-refractivity contribution in [3.63, 3.8) is 0 Å². The third-order valence-electron chi connectivity index (χ3n) is 11.5. The van der Waals surface area contributed by atoms with Crippen molar-refractivity contribution in [1.82, 2.24) is 5.32 Å². The molecule has 5 N–H and O–H groups in total. The van der Waals surface area contributed by atoms with Crippen molar-refractivity contribution < 1.29 is 25.2 Å². The molecule has 4 unspecified atom stereocenters. The molecule has 6 nitrogen and oxygen atoms in total. The molecule has 0 aromatic rings. The smallest absolute Gasteiger partial charge is 0.249 e. The van der Waals surface area contributed by atoms with Crippen LogP contribution < -0.4 is 5.32 Å². The number of aliphatic hydroxyl groups is 4. The Labute approximate surface area is 336 Å². The predicted molar refractivity (Wildman–Crippen MR) is 233 cm³/mol. The van der Waals surface area contributed by atoms with E-state index in [1.165, 1.54) is 193 Å². The van der Waals surface area contributed by atoms with Gasteiger partial charge in [-0.1, -0.05) is 231 Å². The van der Waals surface area contributed by atoms with Crippen molar-refractivity contribution in [2.75, 3.05) is 6.61 Å². The molecule has 0 radical (unpaired) electrons. The average molecular weight is 766 g/mol. The van der Waals surface area contributed by atoms with Gasteiger partial charge in [-0.25, -0.2) is 0 Å². The monoisotopic (exact) mass is 766 g/mol. The zero-order chi connectivity index (χ0) is 39.6. The van der Waals surface area contributed by atoms with Crippen molar-refractivity contribution in [3.05, 3.63) is 12.2 Å². The Morgan fingerprint density at radius 2 is 0.759 bits per heavy atom. The molecule has 0 aromatic heterocycles. The van der Waals surface area contributed by atoms with Crippen LogP contribution in [0.3, 0.4) is 0 Å². The van der Waals surface area contributed by atoms with Crippen LogP contribution in [-0.4, -0.2) is 57.3 Å². The number of amides is 1. The highest BCUT2D eigenvalue weighted by molar-refractivity contribution is 5.80. The highest BCUT2D eigenvalue weighted by atomic mass is 16.3. The number of hydrogen-bond donors (Lipinski definition) is 5. The molecular weight excluding hydrogens is 671 g/mol. The third-order valence-corrected chi connectivity index (χ3v) is 11.5. The van der Waals surface area contributed by atoms with Crippen LogP contribution in [0, 0.1) is 0 Å². The van der Waals surface area contributed by atoms with Gasteiger partial charge in [0.2, 0.25) is 5.91 Å². The van der Waals surface area contributed by atoms with Gasteiger partial charge in [-0.3, -0.25) is 4.79 Å². The minimum Gasteiger partial charge on any atom is -0.394 e. The molecule has 0 aliphatic heterocycles.